The molecule has 90 valence electrons. The van der Waals surface area contributed by atoms with Gasteiger partial charge in [-0.1, -0.05) is 22.9 Å². The van der Waals surface area contributed by atoms with Crippen LogP contribution in [0.3, 0.4) is 0 Å². The van der Waals surface area contributed by atoms with Crippen LogP contribution in [0.15, 0.2) is 12.1 Å². The van der Waals surface area contributed by atoms with Gasteiger partial charge in [-0.05, 0) is 19.1 Å². The summed E-state index contributed by atoms with van der Waals surface area (Å²) in [4.78, 5) is 15.3. The van der Waals surface area contributed by atoms with Crippen LogP contribution in [-0.4, -0.2) is 16.3 Å². The van der Waals surface area contributed by atoms with E-state index in [1.54, 1.807) is 13.0 Å². The minimum Gasteiger partial charge on any atom is -0.301 e. The third-order valence-electron chi connectivity index (χ3n) is 2.00. The predicted octanol–water partition coefficient (Wildman–Crippen LogP) is 3.65. The standard InChI is InChI=1S/C10H7Cl2FN2OS/c1-4(11)9(16)15-10-14-8-6(13)2-5(12)3-7(8)17-10/h2-4H,1H3,(H,14,15,16)/t4-/m1/s1. The molecule has 2 rings (SSSR count). The first-order valence-electron chi connectivity index (χ1n) is 4.68. The summed E-state index contributed by atoms with van der Waals surface area (Å²) in [5.41, 5.74) is 0.192. The van der Waals surface area contributed by atoms with E-state index >= 15 is 0 Å². The van der Waals surface area contributed by atoms with E-state index in [1.165, 1.54) is 6.07 Å². The van der Waals surface area contributed by atoms with Gasteiger partial charge in [-0.25, -0.2) is 9.37 Å². The van der Waals surface area contributed by atoms with Crippen molar-refractivity contribution in [2.45, 2.75) is 12.3 Å². The zero-order chi connectivity index (χ0) is 12.6. The third-order valence-corrected chi connectivity index (χ3v) is 3.34. The summed E-state index contributed by atoms with van der Waals surface area (Å²) in [5, 5.41) is 2.43. The summed E-state index contributed by atoms with van der Waals surface area (Å²) in [6.45, 7) is 1.54. The van der Waals surface area contributed by atoms with Crippen molar-refractivity contribution in [1.82, 2.24) is 4.98 Å². The Hall–Kier alpha value is -0.910. The fourth-order valence-electron chi connectivity index (χ4n) is 1.22. The van der Waals surface area contributed by atoms with Crippen molar-refractivity contribution in [2.24, 2.45) is 0 Å². The Kier molecular flexibility index (Phi) is 3.51. The minimum absolute atomic E-state index is 0.192. The molecule has 0 spiro atoms. The molecule has 0 saturated carbocycles. The van der Waals surface area contributed by atoms with Gasteiger partial charge >= 0.3 is 0 Å². The van der Waals surface area contributed by atoms with Crippen LogP contribution in [-0.2, 0) is 4.79 Å². The number of carbonyl (C=O) groups excluding carboxylic acids is 1. The van der Waals surface area contributed by atoms with Crippen LogP contribution in [0.4, 0.5) is 9.52 Å². The molecule has 3 nitrogen and oxygen atoms in total. The summed E-state index contributed by atoms with van der Waals surface area (Å²) in [5.74, 6) is -0.889. The Morgan fingerprint density at radius 2 is 2.29 bits per heavy atom. The van der Waals surface area contributed by atoms with Gasteiger partial charge in [-0.15, -0.1) is 11.6 Å². The van der Waals surface area contributed by atoms with Gasteiger partial charge in [0.15, 0.2) is 10.9 Å². The van der Waals surface area contributed by atoms with Gasteiger partial charge in [-0.2, -0.15) is 0 Å². The first kappa shape index (κ1) is 12.5. The van der Waals surface area contributed by atoms with Gasteiger partial charge in [-0.3, -0.25) is 4.79 Å². The third kappa shape index (κ3) is 2.68. The van der Waals surface area contributed by atoms with Crippen LogP contribution in [0.5, 0.6) is 0 Å². The highest BCUT2D eigenvalue weighted by molar-refractivity contribution is 7.22. The Bertz CT molecular complexity index is 585. The number of anilines is 1. The maximum Gasteiger partial charge on any atom is 0.243 e. The second kappa shape index (κ2) is 4.76. The zero-order valence-corrected chi connectivity index (χ0v) is 11.0. The van der Waals surface area contributed by atoms with Crippen molar-refractivity contribution in [1.29, 1.82) is 0 Å². The molecule has 1 atom stereocenters. The lowest BCUT2D eigenvalue weighted by atomic mass is 10.3. The molecule has 0 saturated heterocycles. The van der Waals surface area contributed by atoms with Gasteiger partial charge in [0.2, 0.25) is 5.91 Å². The summed E-state index contributed by atoms with van der Waals surface area (Å²) < 4.78 is 14.1. The summed E-state index contributed by atoms with van der Waals surface area (Å²) in [6.07, 6.45) is 0. The van der Waals surface area contributed by atoms with E-state index in [0.29, 0.717) is 14.9 Å². The van der Waals surface area contributed by atoms with Crippen LogP contribution >= 0.6 is 34.5 Å². The van der Waals surface area contributed by atoms with Gasteiger partial charge < -0.3 is 5.32 Å². The van der Waals surface area contributed by atoms with E-state index in [4.69, 9.17) is 23.2 Å². The second-order valence-electron chi connectivity index (χ2n) is 3.36. The lowest BCUT2D eigenvalue weighted by molar-refractivity contribution is -0.115. The normalized spacial score (nSPS) is 12.7. The van der Waals surface area contributed by atoms with Crippen LogP contribution < -0.4 is 5.32 Å². The molecule has 0 aliphatic rings. The monoisotopic (exact) mass is 292 g/mol. The van der Waals surface area contributed by atoms with E-state index in [9.17, 15) is 9.18 Å². The molecule has 0 fully saturated rings. The van der Waals surface area contributed by atoms with Gasteiger partial charge in [0.25, 0.3) is 0 Å². The number of nitrogens with one attached hydrogen (secondary N) is 1. The summed E-state index contributed by atoms with van der Waals surface area (Å²) in [7, 11) is 0. The number of fused-ring (bicyclic) bond motifs is 1. The number of nitrogens with zero attached hydrogens (tertiary/aromatic N) is 1. The lowest BCUT2D eigenvalue weighted by Crippen LogP contribution is -2.20. The molecule has 1 N–H and O–H groups in total. The summed E-state index contributed by atoms with van der Waals surface area (Å²) >= 11 is 12.5. The fraction of sp³-hybridized carbons (Fsp3) is 0.200. The fourth-order valence-corrected chi connectivity index (χ4v) is 2.46. The maximum atomic E-state index is 13.5. The molecule has 2 aromatic rings. The van der Waals surface area contributed by atoms with Gasteiger partial charge in [0.1, 0.15) is 10.9 Å². The molecular formula is C10H7Cl2FN2OS. The van der Waals surface area contributed by atoms with Crippen LogP contribution in [0.2, 0.25) is 5.02 Å². The number of amides is 1. The average Bonchev–Trinajstić information content (AvgIpc) is 2.60. The number of hydrogen-bond acceptors (Lipinski definition) is 3. The van der Waals surface area contributed by atoms with Crippen LogP contribution in [0, 0.1) is 5.82 Å². The van der Waals surface area contributed by atoms with Crippen LogP contribution in [0.1, 0.15) is 6.92 Å². The Labute approximate surface area is 111 Å². The second-order valence-corrected chi connectivity index (χ2v) is 5.48. The minimum atomic E-state index is -0.671. The molecule has 1 aromatic heterocycles. The number of carbonyl (C=O) groups is 1. The van der Waals surface area contributed by atoms with Crippen LogP contribution in [0.25, 0.3) is 10.2 Å². The number of thiazole rings is 1. The summed E-state index contributed by atoms with van der Waals surface area (Å²) in [6, 6.07) is 2.77. The van der Waals surface area contributed by atoms with E-state index in [0.717, 1.165) is 11.3 Å². The molecule has 7 heteroatoms. The molecule has 0 unspecified atom stereocenters. The predicted molar refractivity (Wildman–Crippen MR) is 68.5 cm³/mol. The Morgan fingerprint density at radius 3 is 2.94 bits per heavy atom. The average molecular weight is 293 g/mol. The first-order chi connectivity index (χ1) is 7.97. The topological polar surface area (TPSA) is 42.0 Å². The molecule has 1 amide bonds. The highest BCUT2D eigenvalue weighted by Crippen LogP contribution is 2.30. The van der Waals surface area contributed by atoms with E-state index < -0.39 is 11.2 Å². The van der Waals surface area contributed by atoms with E-state index in [1.807, 2.05) is 0 Å². The number of aromatic nitrogens is 1. The first-order valence-corrected chi connectivity index (χ1v) is 6.31. The van der Waals surface area contributed by atoms with Crippen molar-refractivity contribution < 1.29 is 9.18 Å². The number of halogens is 3. The molecule has 0 aliphatic carbocycles. The Morgan fingerprint density at radius 1 is 1.59 bits per heavy atom. The maximum absolute atomic E-state index is 13.5. The number of rotatable bonds is 2. The van der Waals surface area contributed by atoms with E-state index in [2.05, 4.69) is 10.3 Å². The largest absolute Gasteiger partial charge is 0.301 e. The van der Waals surface area contributed by atoms with Gasteiger partial charge in [0, 0.05) is 5.02 Å². The number of hydrogen-bond donors (Lipinski definition) is 1. The lowest BCUT2D eigenvalue weighted by Gasteiger charge is -2.01. The zero-order valence-electron chi connectivity index (χ0n) is 8.63. The highest BCUT2D eigenvalue weighted by atomic mass is 35.5. The van der Waals surface area contributed by atoms with Crippen molar-refractivity contribution in [3.8, 4) is 0 Å². The molecular weight excluding hydrogens is 286 g/mol. The van der Waals surface area contributed by atoms with Gasteiger partial charge in [0.05, 0.1) is 4.70 Å². The Balaban J connectivity index is 2.38. The van der Waals surface area contributed by atoms with E-state index in [-0.39, 0.29) is 11.4 Å². The number of alkyl halides is 1. The molecule has 0 aliphatic heterocycles. The van der Waals surface area contributed by atoms with Crippen molar-refractivity contribution >= 4 is 55.8 Å². The van der Waals surface area contributed by atoms with Crippen molar-refractivity contribution in [3.63, 3.8) is 0 Å². The SMILES string of the molecule is C[C@@H](Cl)C(=O)Nc1nc2c(F)cc(Cl)cc2s1. The molecule has 0 bridgehead atoms. The van der Waals surface area contributed by atoms with Crippen molar-refractivity contribution in [2.75, 3.05) is 5.32 Å². The number of benzene rings is 1. The smallest absolute Gasteiger partial charge is 0.243 e. The molecule has 1 aromatic carbocycles. The molecule has 17 heavy (non-hydrogen) atoms. The van der Waals surface area contributed by atoms with Crippen molar-refractivity contribution in [3.05, 3.63) is 23.0 Å². The molecule has 0 radical (unpaired) electrons. The molecule has 1 heterocycles. The highest BCUT2D eigenvalue weighted by Gasteiger charge is 2.14. The quantitative estimate of drug-likeness (QED) is 0.859.